The minimum atomic E-state index is -0.211. The first kappa shape index (κ1) is 9.01. The molecule has 0 aromatic heterocycles. The number of rotatable bonds is 4. The van der Waals surface area contributed by atoms with Crippen LogP contribution in [0.15, 0.2) is 0 Å². The van der Waals surface area contributed by atoms with E-state index in [1.165, 1.54) is 25.7 Å². The molecular formula is C9H18O2. The summed E-state index contributed by atoms with van der Waals surface area (Å²) in [5, 5.41) is 9.56. The normalized spacial score (nSPS) is 22.4. The highest BCUT2D eigenvalue weighted by Gasteiger charge is 2.22. The lowest BCUT2D eigenvalue weighted by Gasteiger charge is -2.16. The summed E-state index contributed by atoms with van der Waals surface area (Å²) in [7, 11) is 0. The molecule has 1 unspecified atom stereocenters. The molecule has 11 heavy (non-hydrogen) atoms. The Bertz CT molecular complexity index is 97.7. The molecule has 0 spiro atoms. The average molecular weight is 158 g/mol. The van der Waals surface area contributed by atoms with Crippen molar-refractivity contribution < 1.29 is 9.84 Å². The molecule has 1 fully saturated rings. The van der Waals surface area contributed by atoms with Gasteiger partial charge in [-0.25, -0.2) is 0 Å². The molecule has 0 saturated heterocycles. The van der Waals surface area contributed by atoms with E-state index in [1.807, 2.05) is 6.92 Å². The molecule has 0 aromatic carbocycles. The van der Waals surface area contributed by atoms with Gasteiger partial charge in [-0.1, -0.05) is 12.8 Å². The molecule has 1 aliphatic carbocycles. The Kier molecular flexibility index (Phi) is 3.87. The summed E-state index contributed by atoms with van der Waals surface area (Å²) in [4.78, 5) is 0. The van der Waals surface area contributed by atoms with Gasteiger partial charge in [0.25, 0.3) is 0 Å². The number of hydrogen-bond acceptors (Lipinski definition) is 2. The van der Waals surface area contributed by atoms with E-state index in [0.29, 0.717) is 19.1 Å². The maximum atomic E-state index is 9.56. The summed E-state index contributed by atoms with van der Waals surface area (Å²) >= 11 is 0. The summed E-state index contributed by atoms with van der Waals surface area (Å²) in [6.45, 7) is 3.20. The third kappa shape index (κ3) is 2.80. The van der Waals surface area contributed by atoms with Crippen molar-refractivity contribution >= 4 is 0 Å². The predicted molar refractivity (Wildman–Crippen MR) is 44.5 cm³/mol. The van der Waals surface area contributed by atoms with Gasteiger partial charge < -0.3 is 9.84 Å². The Morgan fingerprint density at radius 1 is 1.45 bits per heavy atom. The third-order valence-electron chi connectivity index (χ3n) is 2.44. The first-order valence-corrected chi connectivity index (χ1v) is 4.60. The second-order valence-electron chi connectivity index (χ2n) is 3.27. The fourth-order valence-electron chi connectivity index (χ4n) is 1.72. The Balaban J connectivity index is 2.12. The van der Waals surface area contributed by atoms with E-state index in [1.54, 1.807) is 0 Å². The van der Waals surface area contributed by atoms with Crippen LogP contribution >= 0.6 is 0 Å². The molecule has 0 bridgehead atoms. The quantitative estimate of drug-likeness (QED) is 0.673. The van der Waals surface area contributed by atoms with E-state index in [9.17, 15) is 5.11 Å². The van der Waals surface area contributed by atoms with Gasteiger partial charge in [0, 0.05) is 6.61 Å². The lowest BCUT2D eigenvalue weighted by molar-refractivity contribution is 0.0106. The van der Waals surface area contributed by atoms with Gasteiger partial charge >= 0.3 is 0 Å². The highest BCUT2D eigenvalue weighted by atomic mass is 16.5. The molecular weight excluding hydrogens is 140 g/mol. The zero-order chi connectivity index (χ0) is 8.10. The van der Waals surface area contributed by atoms with E-state index in [2.05, 4.69) is 0 Å². The number of aliphatic hydroxyl groups excluding tert-OH is 1. The van der Waals surface area contributed by atoms with Crippen LogP contribution in [-0.2, 0) is 4.74 Å². The van der Waals surface area contributed by atoms with Gasteiger partial charge in [0.15, 0.2) is 0 Å². The predicted octanol–water partition coefficient (Wildman–Crippen LogP) is 1.57. The SMILES string of the molecule is CCOCC(O)C1CCCC1. The topological polar surface area (TPSA) is 29.5 Å². The largest absolute Gasteiger partial charge is 0.390 e. The molecule has 1 aliphatic rings. The number of aliphatic hydroxyl groups is 1. The number of ether oxygens (including phenoxy) is 1. The molecule has 0 aliphatic heterocycles. The van der Waals surface area contributed by atoms with Crippen molar-refractivity contribution in [3.05, 3.63) is 0 Å². The van der Waals surface area contributed by atoms with E-state index in [-0.39, 0.29) is 6.10 Å². The Morgan fingerprint density at radius 2 is 2.09 bits per heavy atom. The van der Waals surface area contributed by atoms with Crippen molar-refractivity contribution in [3.63, 3.8) is 0 Å². The third-order valence-corrected chi connectivity index (χ3v) is 2.44. The second kappa shape index (κ2) is 4.73. The van der Waals surface area contributed by atoms with E-state index >= 15 is 0 Å². The van der Waals surface area contributed by atoms with Crippen LogP contribution in [0.2, 0.25) is 0 Å². The maximum Gasteiger partial charge on any atom is 0.0801 e. The van der Waals surface area contributed by atoms with E-state index in [4.69, 9.17) is 4.74 Å². The van der Waals surface area contributed by atoms with E-state index < -0.39 is 0 Å². The molecule has 2 nitrogen and oxygen atoms in total. The van der Waals surface area contributed by atoms with Crippen LogP contribution in [0, 0.1) is 5.92 Å². The minimum absolute atomic E-state index is 0.211. The van der Waals surface area contributed by atoms with Gasteiger partial charge in [-0.2, -0.15) is 0 Å². The van der Waals surface area contributed by atoms with Crippen molar-refractivity contribution in [2.75, 3.05) is 13.2 Å². The standard InChI is InChI=1S/C9H18O2/c1-2-11-7-9(10)8-5-3-4-6-8/h8-10H,2-7H2,1H3. The van der Waals surface area contributed by atoms with Crippen LogP contribution in [0.4, 0.5) is 0 Å². The zero-order valence-electron chi connectivity index (χ0n) is 7.25. The summed E-state index contributed by atoms with van der Waals surface area (Å²) in [5.74, 6) is 0.515. The van der Waals surface area contributed by atoms with Crippen LogP contribution < -0.4 is 0 Å². The van der Waals surface area contributed by atoms with Gasteiger partial charge in [-0.05, 0) is 25.7 Å². The highest BCUT2D eigenvalue weighted by molar-refractivity contribution is 4.74. The van der Waals surface area contributed by atoms with Crippen LogP contribution in [0.3, 0.4) is 0 Å². The summed E-state index contributed by atoms with van der Waals surface area (Å²) in [6, 6.07) is 0. The first-order chi connectivity index (χ1) is 5.34. The monoisotopic (exact) mass is 158 g/mol. The molecule has 0 aromatic rings. The van der Waals surface area contributed by atoms with Crippen LogP contribution in [0.25, 0.3) is 0 Å². The van der Waals surface area contributed by atoms with E-state index in [0.717, 1.165) is 0 Å². The van der Waals surface area contributed by atoms with Crippen molar-refractivity contribution in [2.24, 2.45) is 5.92 Å². The smallest absolute Gasteiger partial charge is 0.0801 e. The van der Waals surface area contributed by atoms with Gasteiger partial charge in [-0.15, -0.1) is 0 Å². The van der Waals surface area contributed by atoms with Crippen LogP contribution in [-0.4, -0.2) is 24.4 Å². The maximum absolute atomic E-state index is 9.56. The molecule has 2 heteroatoms. The van der Waals surface area contributed by atoms with Crippen molar-refractivity contribution in [2.45, 2.75) is 38.7 Å². The second-order valence-corrected chi connectivity index (χ2v) is 3.27. The van der Waals surface area contributed by atoms with Crippen molar-refractivity contribution in [1.82, 2.24) is 0 Å². The van der Waals surface area contributed by atoms with Gasteiger partial charge in [0.1, 0.15) is 0 Å². The fourth-order valence-corrected chi connectivity index (χ4v) is 1.72. The molecule has 1 N–H and O–H groups in total. The minimum Gasteiger partial charge on any atom is -0.390 e. The van der Waals surface area contributed by atoms with Crippen LogP contribution in [0.5, 0.6) is 0 Å². The lowest BCUT2D eigenvalue weighted by atomic mass is 10.0. The summed E-state index contributed by atoms with van der Waals surface area (Å²) in [6.07, 6.45) is 4.74. The Labute approximate surface area is 68.6 Å². The van der Waals surface area contributed by atoms with Crippen LogP contribution in [0.1, 0.15) is 32.6 Å². The molecule has 1 rings (SSSR count). The van der Waals surface area contributed by atoms with Gasteiger partial charge in [0.2, 0.25) is 0 Å². The lowest BCUT2D eigenvalue weighted by Crippen LogP contribution is -2.23. The molecule has 0 amide bonds. The average Bonchev–Trinajstić information content (AvgIpc) is 2.52. The molecule has 66 valence electrons. The Hall–Kier alpha value is -0.0800. The molecule has 1 saturated carbocycles. The molecule has 0 radical (unpaired) electrons. The summed E-state index contributed by atoms with van der Waals surface area (Å²) in [5.41, 5.74) is 0. The molecule has 1 atom stereocenters. The van der Waals surface area contributed by atoms with Crippen molar-refractivity contribution in [3.8, 4) is 0 Å². The van der Waals surface area contributed by atoms with Gasteiger partial charge in [0.05, 0.1) is 12.7 Å². The van der Waals surface area contributed by atoms with Crippen molar-refractivity contribution in [1.29, 1.82) is 0 Å². The Morgan fingerprint density at radius 3 is 2.64 bits per heavy atom. The first-order valence-electron chi connectivity index (χ1n) is 4.60. The zero-order valence-corrected chi connectivity index (χ0v) is 7.25. The number of hydrogen-bond donors (Lipinski definition) is 1. The summed E-state index contributed by atoms with van der Waals surface area (Å²) < 4.78 is 5.16. The fraction of sp³-hybridized carbons (Fsp3) is 1.00. The highest BCUT2D eigenvalue weighted by Crippen LogP contribution is 2.27. The molecule has 0 heterocycles. The van der Waals surface area contributed by atoms with Gasteiger partial charge in [-0.3, -0.25) is 0 Å².